The van der Waals surface area contributed by atoms with Gasteiger partial charge in [-0.1, -0.05) is 18.2 Å². The van der Waals surface area contributed by atoms with E-state index in [0.717, 1.165) is 44.2 Å². The number of aryl methyl sites for hydroxylation is 1. The summed E-state index contributed by atoms with van der Waals surface area (Å²) in [5.41, 5.74) is 7.21. The summed E-state index contributed by atoms with van der Waals surface area (Å²) in [6.45, 7) is 0.764. The lowest BCUT2D eigenvalue weighted by atomic mass is 9.95. The molecule has 1 aromatic heterocycles. The Kier molecular flexibility index (Phi) is 4.99. The molecule has 1 unspecified atom stereocenters. The lowest BCUT2D eigenvalue weighted by molar-refractivity contribution is 0.0596. The largest absolute Gasteiger partial charge is 0.508 e. The molecule has 1 aliphatic heterocycles. The molecule has 5 heteroatoms. The molecule has 3 rings (SSSR count). The van der Waals surface area contributed by atoms with Crippen molar-refractivity contribution in [3.63, 3.8) is 0 Å². The molecule has 1 atom stereocenters. The number of phenols is 1. The van der Waals surface area contributed by atoms with E-state index in [4.69, 9.17) is 5.73 Å². The van der Waals surface area contributed by atoms with E-state index in [1.807, 2.05) is 17.0 Å². The van der Waals surface area contributed by atoms with Crippen molar-refractivity contribution in [1.82, 2.24) is 9.88 Å². The molecule has 0 bridgehead atoms. The lowest BCUT2D eigenvalue weighted by Gasteiger charge is -2.35. The first kappa shape index (κ1) is 16.3. The average molecular weight is 325 g/mol. The smallest absolute Gasteiger partial charge is 0.272 e. The third-order valence-corrected chi connectivity index (χ3v) is 4.55. The molecule has 1 aromatic carbocycles. The molecule has 1 amide bonds. The molecule has 5 nitrogen and oxygen atoms in total. The number of carbonyl (C=O) groups excluding carboxylic acids is 1. The van der Waals surface area contributed by atoms with Crippen LogP contribution >= 0.6 is 0 Å². The van der Waals surface area contributed by atoms with Gasteiger partial charge in [0.15, 0.2) is 0 Å². The number of pyridine rings is 1. The number of likely N-dealkylation sites (tertiary alicyclic amines) is 1. The Balaban J connectivity index is 1.70. The van der Waals surface area contributed by atoms with Crippen LogP contribution in [0.3, 0.4) is 0 Å². The standard InChI is InChI=1S/C19H23N3O2/c20-18-9-4-8-17(21-18)19(24)22-12-2-1-6-15(22)11-10-14-5-3-7-16(23)13-14/h3-5,7-9,13,15,23H,1-2,6,10-12H2,(H2,20,21). The van der Waals surface area contributed by atoms with Crippen LogP contribution in [-0.2, 0) is 6.42 Å². The van der Waals surface area contributed by atoms with Crippen molar-refractivity contribution in [3.05, 3.63) is 53.7 Å². The monoisotopic (exact) mass is 325 g/mol. The predicted octanol–water partition coefficient (Wildman–Crippen LogP) is 3.00. The Hall–Kier alpha value is -2.56. The maximum Gasteiger partial charge on any atom is 0.272 e. The van der Waals surface area contributed by atoms with Crippen molar-refractivity contribution < 1.29 is 9.90 Å². The molecule has 0 saturated carbocycles. The highest BCUT2D eigenvalue weighted by atomic mass is 16.3. The second-order valence-corrected chi connectivity index (χ2v) is 6.30. The Morgan fingerprint density at radius 3 is 2.88 bits per heavy atom. The minimum Gasteiger partial charge on any atom is -0.508 e. The van der Waals surface area contributed by atoms with Gasteiger partial charge in [0, 0.05) is 12.6 Å². The van der Waals surface area contributed by atoms with Crippen LogP contribution in [0, 0.1) is 0 Å². The van der Waals surface area contributed by atoms with Crippen LogP contribution in [0.15, 0.2) is 42.5 Å². The summed E-state index contributed by atoms with van der Waals surface area (Å²) in [6, 6.07) is 12.7. The van der Waals surface area contributed by atoms with E-state index in [1.165, 1.54) is 0 Å². The fourth-order valence-corrected chi connectivity index (χ4v) is 3.33. The summed E-state index contributed by atoms with van der Waals surface area (Å²) in [7, 11) is 0. The number of carbonyl (C=O) groups is 1. The highest BCUT2D eigenvalue weighted by Crippen LogP contribution is 2.24. The van der Waals surface area contributed by atoms with Crippen molar-refractivity contribution in [3.8, 4) is 5.75 Å². The Labute approximate surface area is 142 Å². The van der Waals surface area contributed by atoms with E-state index in [-0.39, 0.29) is 17.7 Å². The van der Waals surface area contributed by atoms with Gasteiger partial charge in [0.25, 0.3) is 5.91 Å². The van der Waals surface area contributed by atoms with E-state index in [2.05, 4.69) is 4.98 Å². The number of phenolic OH excluding ortho intramolecular Hbond substituents is 1. The zero-order valence-electron chi connectivity index (χ0n) is 13.7. The first-order chi connectivity index (χ1) is 11.6. The number of hydrogen-bond acceptors (Lipinski definition) is 4. The van der Waals surface area contributed by atoms with Gasteiger partial charge >= 0.3 is 0 Å². The van der Waals surface area contributed by atoms with Crippen molar-refractivity contribution in [2.24, 2.45) is 0 Å². The van der Waals surface area contributed by atoms with Crippen molar-refractivity contribution in [2.75, 3.05) is 12.3 Å². The first-order valence-corrected chi connectivity index (χ1v) is 8.45. The van der Waals surface area contributed by atoms with Crippen LogP contribution in [0.25, 0.3) is 0 Å². The van der Waals surface area contributed by atoms with Crippen molar-refractivity contribution in [1.29, 1.82) is 0 Å². The number of benzene rings is 1. The van der Waals surface area contributed by atoms with Gasteiger partial charge in [-0.2, -0.15) is 0 Å². The number of rotatable bonds is 4. The topological polar surface area (TPSA) is 79.5 Å². The number of piperidine rings is 1. The minimum atomic E-state index is -0.0390. The molecule has 3 N–H and O–H groups in total. The summed E-state index contributed by atoms with van der Waals surface area (Å²) in [4.78, 5) is 18.9. The van der Waals surface area contributed by atoms with E-state index in [9.17, 15) is 9.90 Å². The number of hydrogen-bond donors (Lipinski definition) is 2. The fourth-order valence-electron chi connectivity index (χ4n) is 3.33. The molecule has 126 valence electrons. The van der Waals surface area contributed by atoms with Gasteiger partial charge < -0.3 is 15.7 Å². The second kappa shape index (κ2) is 7.34. The van der Waals surface area contributed by atoms with Crippen molar-refractivity contribution >= 4 is 11.7 Å². The normalized spacial score (nSPS) is 17.7. The fraction of sp³-hybridized carbons (Fsp3) is 0.368. The van der Waals surface area contributed by atoms with Crippen LogP contribution < -0.4 is 5.73 Å². The lowest BCUT2D eigenvalue weighted by Crippen LogP contribution is -2.44. The molecule has 1 saturated heterocycles. The van der Waals surface area contributed by atoms with Crippen LogP contribution in [0.2, 0.25) is 0 Å². The van der Waals surface area contributed by atoms with Crippen LogP contribution in [0.5, 0.6) is 5.75 Å². The first-order valence-electron chi connectivity index (χ1n) is 8.45. The Morgan fingerprint density at radius 2 is 2.08 bits per heavy atom. The summed E-state index contributed by atoms with van der Waals surface area (Å²) in [6.07, 6.45) is 4.90. The van der Waals surface area contributed by atoms with E-state index in [0.29, 0.717) is 11.5 Å². The molecule has 1 fully saturated rings. The predicted molar refractivity (Wildman–Crippen MR) is 93.8 cm³/mol. The quantitative estimate of drug-likeness (QED) is 0.905. The second-order valence-electron chi connectivity index (χ2n) is 6.30. The van der Waals surface area contributed by atoms with Crippen LogP contribution in [0.4, 0.5) is 5.82 Å². The summed E-state index contributed by atoms with van der Waals surface area (Å²) >= 11 is 0. The average Bonchev–Trinajstić information content (AvgIpc) is 2.60. The maximum absolute atomic E-state index is 12.8. The van der Waals surface area contributed by atoms with Crippen molar-refractivity contribution in [2.45, 2.75) is 38.1 Å². The molecule has 1 aliphatic rings. The van der Waals surface area contributed by atoms with Gasteiger partial charge in [0.1, 0.15) is 17.3 Å². The van der Waals surface area contributed by atoms with E-state index in [1.54, 1.807) is 30.3 Å². The number of nitrogen functional groups attached to an aromatic ring is 1. The number of aromatic hydroxyl groups is 1. The third kappa shape index (κ3) is 3.85. The van der Waals surface area contributed by atoms with Gasteiger partial charge in [0.2, 0.25) is 0 Å². The molecule has 0 spiro atoms. The van der Waals surface area contributed by atoms with E-state index < -0.39 is 0 Å². The zero-order valence-corrected chi connectivity index (χ0v) is 13.7. The Bertz CT molecular complexity index is 717. The van der Waals surface area contributed by atoms with Gasteiger partial charge in [-0.15, -0.1) is 0 Å². The number of amides is 1. The van der Waals surface area contributed by atoms with Gasteiger partial charge in [-0.3, -0.25) is 4.79 Å². The van der Waals surface area contributed by atoms with Gasteiger partial charge in [-0.05, 0) is 61.9 Å². The summed E-state index contributed by atoms with van der Waals surface area (Å²) in [5.74, 6) is 0.616. The number of anilines is 1. The molecule has 0 aliphatic carbocycles. The van der Waals surface area contributed by atoms with Gasteiger partial charge in [0.05, 0.1) is 0 Å². The maximum atomic E-state index is 12.8. The summed E-state index contributed by atoms with van der Waals surface area (Å²) in [5, 5.41) is 9.58. The summed E-state index contributed by atoms with van der Waals surface area (Å²) < 4.78 is 0. The van der Waals surface area contributed by atoms with Crippen LogP contribution in [-0.4, -0.2) is 33.5 Å². The molecule has 2 heterocycles. The minimum absolute atomic E-state index is 0.0390. The molecule has 2 aromatic rings. The third-order valence-electron chi connectivity index (χ3n) is 4.55. The number of nitrogens with two attached hydrogens (primary N) is 1. The highest BCUT2D eigenvalue weighted by Gasteiger charge is 2.28. The molecular weight excluding hydrogens is 302 g/mol. The Morgan fingerprint density at radius 1 is 1.25 bits per heavy atom. The van der Waals surface area contributed by atoms with Crippen LogP contribution in [0.1, 0.15) is 41.7 Å². The molecule has 24 heavy (non-hydrogen) atoms. The zero-order chi connectivity index (χ0) is 16.9. The molecule has 0 radical (unpaired) electrons. The molecular formula is C19H23N3O2. The van der Waals surface area contributed by atoms with Gasteiger partial charge in [-0.25, -0.2) is 4.98 Å². The number of nitrogens with zero attached hydrogens (tertiary/aromatic N) is 2. The SMILES string of the molecule is Nc1cccc(C(=O)N2CCCCC2CCc2cccc(O)c2)n1. The highest BCUT2D eigenvalue weighted by molar-refractivity contribution is 5.92. The number of aromatic nitrogens is 1. The van der Waals surface area contributed by atoms with E-state index >= 15 is 0 Å².